The molecule has 1 N–H and O–H groups in total. The van der Waals surface area contributed by atoms with E-state index in [1.54, 1.807) is 19.1 Å². The maximum Gasteiger partial charge on any atom is 0.261 e. The summed E-state index contributed by atoms with van der Waals surface area (Å²) in [6.45, 7) is 7.55. The molecule has 1 atom stereocenters. The van der Waals surface area contributed by atoms with Crippen molar-refractivity contribution in [3.05, 3.63) is 64.5 Å². The molecule has 0 spiro atoms. The third kappa shape index (κ3) is 5.31. The zero-order valence-electron chi connectivity index (χ0n) is 17.0. The van der Waals surface area contributed by atoms with Gasteiger partial charge in [-0.05, 0) is 68.1 Å². The number of nitrogens with one attached hydrogen (secondary N) is 1. The van der Waals surface area contributed by atoms with E-state index >= 15 is 0 Å². The average molecular weight is 386 g/mol. The van der Waals surface area contributed by atoms with Gasteiger partial charge in [0.05, 0.1) is 0 Å². The van der Waals surface area contributed by atoms with Gasteiger partial charge < -0.3 is 15.0 Å². The largest absolute Gasteiger partial charge is 0.483 e. The van der Waals surface area contributed by atoms with Crippen LogP contribution in [0.1, 0.15) is 29.2 Å². The summed E-state index contributed by atoms with van der Waals surface area (Å²) in [6, 6.07) is 9.12. The second-order valence-corrected chi connectivity index (χ2v) is 6.93. The Morgan fingerprint density at radius 2 is 1.79 bits per heavy atom. The maximum absolute atomic E-state index is 13.2. The predicted molar refractivity (Wildman–Crippen MR) is 107 cm³/mol. The number of hydrogen-bond acceptors (Lipinski definition) is 3. The molecular formula is C22H27FN2O3. The average Bonchev–Trinajstić information content (AvgIpc) is 2.67. The molecule has 5 nitrogen and oxygen atoms in total. The van der Waals surface area contributed by atoms with Crippen LogP contribution in [0.2, 0.25) is 0 Å². The van der Waals surface area contributed by atoms with Crippen LogP contribution in [-0.2, 0) is 16.1 Å². The van der Waals surface area contributed by atoms with Crippen molar-refractivity contribution in [2.45, 2.75) is 40.3 Å². The van der Waals surface area contributed by atoms with E-state index in [4.69, 9.17) is 4.74 Å². The predicted octanol–water partition coefficient (Wildman–Crippen LogP) is 3.29. The Bertz CT molecular complexity index is 850. The molecule has 0 saturated carbocycles. The Morgan fingerprint density at radius 1 is 1.14 bits per heavy atom. The van der Waals surface area contributed by atoms with Crippen LogP contribution in [-0.4, -0.2) is 36.4 Å². The molecule has 2 aromatic rings. The van der Waals surface area contributed by atoms with Gasteiger partial charge in [0.1, 0.15) is 17.6 Å². The molecule has 2 aromatic carbocycles. The monoisotopic (exact) mass is 386 g/mol. The van der Waals surface area contributed by atoms with Gasteiger partial charge in [-0.3, -0.25) is 9.59 Å². The van der Waals surface area contributed by atoms with Gasteiger partial charge >= 0.3 is 0 Å². The number of rotatable bonds is 7. The first-order valence-corrected chi connectivity index (χ1v) is 9.19. The molecule has 0 aliphatic carbocycles. The van der Waals surface area contributed by atoms with Crippen molar-refractivity contribution in [3.63, 3.8) is 0 Å². The van der Waals surface area contributed by atoms with Gasteiger partial charge in [-0.25, -0.2) is 4.39 Å². The summed E-state index contributed by atoms with van der Waals surface area (Å²) in [5.74, 6) is -0.299. The molecule has 0 bridgehead atoms. The number of ether oxygens (including phenoxy) is 1. The van der Waals surface area contributed by atoms with Crippen molar-refractivity contribution in [1.82, 2.24) is 10.2 Å². The van der Waals surface area contributed by atoms with E-state index in [-0.39, 0.29) is 30.8 Å². The molecule has 150 valence electrons. The number of carbonyl (C=O) groups is 2. The molecule has 6 heteroatoms. The van der Waals surface area contributed by atoms with Crippen LogP contribution < -0.4 is 10.1 Å². The molecular weight excluding hydrogens is 359 g/mol. The summed E-state index contributed by atoms with van der Waals surface area (Å²) in [5, 5.41) is 2.56. The van der Waals surface area contributed by atoms with E-state index in [9.17, 15) is 14.0 Å². The van der Waals surface area contributed by atoms with Crippen LogP contribution in [0, 0.1) is 26.6 Å². The number of carbonyl (C=O) groups excluding carboxylic acids is 2. The minimum atomic E-state index is -0.688. The number of amides is 2. The van der Waals surface area contributed by atoms with Crippen molar-refractivity contribution >= 4 is 11.8 Å². The van der Waals surface area contributed by atoms with Crippen molar-refractivity contribution in [1.29, 1.82) is 0 Å². The third-order valence-electron chi connectivity index (χ3n) is 4.80. The third-order valence-corrected chi connectivity index (χ3v) is 4.80. The normalized spacial score (nSPS) is 11.6. The molecule has 0 heterocycles. The minimum Gasteiger partial charge on any atom is -0.483 e. The smallest absolute Gasteiger partial charge is 0.261 e. The molecule has 0 unspecified atom stereocenters. The Hall–Kier alpha value is -2.89. The van der Waals surface area contributed by atoms with Crippen LogP contribution in [0.15, 0.2) is 36.4 Å². The number of hydrogen-bond donors (Lipinski definition) is 1. The Labute approximate surface area is 165 Å². The molecule has 0 aliphatic heterocycles. The summed E-state index contributed by atoms with van der Waals surface area (Å²) in [6.07, 6.45) is 0. The maximum atomic E-state index is 13.2. The fraction of sp³-hybridized carbons (Fsp3) is 0.364. The van der Waals surface area contributed by atoms with E-state index in [1.165, 1.54) is 24.1 Å². The lowest BCUT2D eigenvalue weighted by Crippen LogP contribution is -2.48. The highest BCUT2D eigenvalue weighted by Crippen LogP contribution is 2.23. The van der Waals surface area contributed by atoms with Gasteiger partial charge in [-0.15, -0.1) is 0 Å². The second kappa shape index (κ2) is 9.35. The van der Waals surface area contributed by atoms with E-state index < -0.39 is 6.04 Å². The van der Waals surface area contributed by atoms with Gasteiger partial charge in [0, 0.05) is 13.6 Å². The van der Waals surface area contributed by atoms with Gasteiger partial charge in [0.2, 0.25) is 5.91 Å². The highest BCUT2D eigenvalue weighted by molar-refractivity contribution is 5.87. The van der Waals surface area contributed by atoms with Gasteiger partial charge in [-0.1, -0.05) is 18.2 Å². The van der Waals surface area contributed by atoms with Crippen molar-refractivity contribution < 1.29 is 18.7 Å². The zero-order chi connectivity index (χ0) is 20.8. The Kier molecular flexibility index (Phi) is 7.15. The lowest BCUT2D eigenvalue weighted by Gasteiger charge is -2.28. The zero-order valence-corrected chi connectivity index (χ0v) is 17.0. The molecule has 0 aliphatic rings. The Balaban J connectivity index is 2.18. The summed E-state index contributed by atoms with van der Waals surface area (Å²) < 4.78 is 18.9. The fourth-order valence-electron chi connectivity index (χ4n) is 2.95. The van der Waals surface area contributed by atoms with Crippen LogP contribution in [0.25, 0.3) is 0 Å². The molecule has 0 radical (unpaired) electrons. The first kappa shape index (κ1) is 21.4. The summed E-state index contributed by atoms with van der Waals surface area (Å²) in [5.41, 5.74) is 3.84. The first-order chi connectivity index (χ1) is 13.2. The van der Waals surface area contributed by atoms with E-state index in [1.807, 2.05) is 26.8 Å². The molecule has 0 aromatic heterocycles. The first-order valence-electron chi connectivity index (χ1n) is 9.19. The standard InChI is InChI=1S/C22H27FN2O3/c1-14-10-15(2)16(3)20(11-14)28-13-21(26)25(17(4)22(27)24-5)12-18-6-8-19(23)9-7-18/h6-11,17H,12-13H2,1-5H3,(H,24,27)/t17-/m1/s1. The number of halogens is 1. The van der Waals surface area contributed by atoms with Crippen LogP contribution in [0.4, 0.5) is 4.39 Å². The molecule has 2 amide bonds. The quantitative estimate of drug-likeness (QED) is 0.794. The lowest BCUT2D eigenvalue weighted by atomic mass is 10.1. The van der Waals surface area contributed by atoms with Crippen LogP contribution in [0.5, 0.6) is 5.75 Å². The van der Waals surface area contributed by atoms with Crippen LogP contribution in [0.3, 0.4) is 0 Å². The fourth-order valence-corrected chi connectivity index (χ4v) is 2.95. The second-order valence-electron chi connectivity index (χ2n) is 6.93. The van der Waals surface area contributed by atoms with E-state index in [2.05, 4.69) is 11.4 Å². The molecule has 28 heavy (non-hydrogen) atoms. The molecule has 0 saturated heterocycles. The summed E-state index contributed by atoms with van der Waals surface area (Å²) >= 11 is 0. The van der Waals surface area contributed by atoms with E-state index in [0.29, 0.717) is 5.75 Å². The van der Waals surface area contributed by atoms with Crippen molar-refractivity contribution in [2.75, 3.05) is 13.7 Å². The topological polar surface area (TPSA) is 58.6 Å². The Morgan fingerprint density at radius 3 is 2.39 bits per heavy atom. The van der Waals surface area contributed by atoms with Gasteiger partial charge in [0.25, 0.3) is 5.91 Å². The van der Waals surface area contributed by atoms with Crippen LogP contribution >= 0.6 is 0 Å². The number of nitrogens with zero attached hydrogens (tertiary/aromatic N) is 1. The number of benzene rings is 2. The SMILES string of the molecule is CNC(=O)[C@@H](C)N(Cc1ccc(F)cc1)C(=O)COc1cc(C)cc(C)c1C. The van der Waals surface area contributed by atoms with E-state index in [0.717, 1.165) is 22.3 Å². The molecule has 0 fully saturated rings. The highest BCUT2D eigenvalue weighted by Gasteiger charge is 2.26. The van der Waals surface area contributed by atoms with Gasteiger partial charge in [0.15, 0.2) is 6.61 Å². The molecule has 2 rings (SSSR count). The minimum absolute atomic E-state index is 0.183. The lowest BCUT2D eigenvalue weighted by molar-refractivity contribution is -0.142. The van der Waals surface area contributed by atoms with Crippen molar-refractivity contribution in [3.8, 4) is 5.75 Å². The number of likely N-dealkylation sites (N-methyl/N-ethyl adjacent to an activating group) is 1. The summed E-state index contributed by atoms with van der Waals surface area (Å²) in [4.78, 5) is 26.4. The highest BCUT2D eigenvalue weighted by atomic mass is 19.1. The number of aryl methyl sites for hydroxylation is 2. The van der Waals surface area contributed by atoms with Gasteiger partial charge in [-0.2, -0.15) is 0 Å². The summed E-state index contributed by atoms with van der Waals surface area (Å²) in [7, 11) is 1.52. The van der Waals surface area contributed by atoms with Crippen molar-refractivity contribution in [2.24, 2.45) is 0 Å².